The fraction of sp³-hybridized carbons (Fsp3) is 0.500. The van der Waals surface area contributed by atoms with Gasteiger partial charge in [-0.15, -0.1) is 0 Å². The van der Waals surface area contributed by atoms with Gasteiger partial charge in [0.05, 0.1) is 13.2 Å². The molecule has 0 aliphatic rings. The molecule has 0 saturated heterocycles. The Morgan fingerprint density at radius 3 is 2.56 bits per heavy atom. The number of nitrogens with one attached hydrogen (secondary N) is 1. The van der Waals surface area contributed by atoms with Crippen molar-refractivity contribution < 1.29 is 9.90 Å². The first-order chi connectivity index (χ1) is 8.36. The van der Waals surface area contributed by atoms with Crippen LogP contribution in [0.25, 0.3) is 0 Å². The molecule has 18 heavy (non-hydrogen) atoms. The van der Waals surface area contributed by atoms with Gasteiger partial charge in [0.2, 0.25) is 5.91 Å². The van der Waals surface area contributed by atoms with Gasteiger partial charge < -0.3 is 10.4 Å². The number of aliphatic hydroxyl groups excluding tert-OH is 1. The fourth-order valence-electron chi connectivity index (χ4n) is 1.45. The van der Waals surface area contributed by atoms with Crippen LogP contribution in [0.3, 0.4) is 0 Å². The molecule has 0 heterocycles. The first kappa shape index (κ1) is 14.7. The van der Waals surface area contributed by atoms with E-state index in [0.717, 1.165) is 11.3 Å². The molecule has 1 aromatic carbocycles. The molecule has 0 bridgehead atoms. The van der Waals surface area contributed by atoms with Gasteiger partial charge in [0.15, 0.2) is 0 Å². The maximum absolute atomic E-state index is 11.9. The van der Waals surface area contributed by atoms with E-state index >= 15 is 0 Å². The summed E-state index contributed by atoms with van der Waals surface area (Å²) in [6.45, 7) is 6.02. The molecule has 0 spiro atoms. The van der Waals surface area contributed by atoms with Crippen molar-refractivity contribution >= 4 is 11.6 Å². The molecule has 1 amide bonds. The van der Waals surface area contributed by atoms with Crippen molar-refractivity contribution in [1.82, 2.24) is 4.90 Å². The molecule has 4 heteroatoms. The molecule has 1 aromatic rings. The molecule has 0 saturated carbocycles. The molecule has 0 aliphatic heterocycles. The molecule has 0 aromatic heterocycles. The van der Waals surface area contributed by atoms with Crippen molar-refractivity contribution in [2.24, 2.45) is 0 Å². The lowest BCUT2D eigenvalue weighted by Crippen LogP contribution is -2.47. The van der Waals surface area contributed by atoms with E-state index in [9.17, 15) is 9.90 Å². The van der Waals surface area contributed by atoms with E-state index in [-0.39, 0.29) is 19.1 Å². The zero-order valence-corrected chi connectivity index (χ0v) is 11.5. The number of likely N-dealkylation sites (N-methyl/N-ethyl adjacent to an activating group) is 1. The Balaban J connectivity index is 2.60. The van der Waals surface area contributed by atoms with Gasteiger partial charge in [-0.2, -0.15) is 0 Å². The van der Waals surface area contributed by atoms with Crippen molar-refractivity contribution in [3.8, 4) is 0 Å². The van der Waals surface area contributed by atoms with E-state index in [2.05, 4.69) is 5.32 Å². The Labute approximate surface area is 109 Å². The lowest BCUT2D eigenvalue weighted by molar-refractivity contribution is -0.118. The van der Waals surface area contributed by atoms with Gasteiger partial charge in [-0.05, 0) is 39.4 Å². The minimum absolute atomic E-state index is 0.0150. The zero-order valence-electron chi connectivity index (χ0n) is 11.5. The van der Waals surface area contributed by atoms with Crippen LogP contribution in [-0.2, 0) is 4.79 Å². The summed E-state index contributed by atoms with van der Waals surface area (Å²) in [6, 6.07) is 7.66. The minimum Gasteiger partial charge on any atom is -0.394 e. The van der Waals surface area contributed by atoms with Crippen LogP contribution in [0.5, 0.6) is 0 Å². The molecule has 2 N–H and O–H groups in total. The van der Waals surface area contributed by atoms with E-state index in [0.29, 0.717) is 0 Å². The number of benzene rings is 1. The third-order valence-electron chi connectivity index (χ3n) is 3.22. The lowest BCUT2D eigenvalue weighted by atomic mass is 10.1. The van der Waals surface area contributed by atoms with Crippen molar-refractivity contribution in [3.05, 3.63) is 29.8 Å². The van der Waals surface area contributed by atoms with E-state index in [1.807, 2.05) is 57.0 Å². The van der Waals surface area contributed by atoms with Gasteiger partial charge in [0.25, 0.3) is 0 Å². The highest BCUT2D eigenvalue weighted by Crippen LogP contribution is 2.14. The Morgan fingerprint density at radius 2 is 2.00 bits per heavy atom. The first-order valence-corrected chi connectivity index (χ1v) is 6.04. The summed E-state index contributed by atoms with van der Waals surface area (Å²) >= 11 is 0. The van der Waals surface area contributed by atoms with Crippen molar-refractivity contribution in [3.63, 3.8) is 0 Å². The Bertz CT molecular complexity index is 416. The van der Waals surface area contributed by atoms with Crippen LogP contribution < -0.4 is 5.32 Å². The predicted molar refractivity (Wildman–Crippen MR) is 73.6 cm³/mol. The maximum atomic E-state index is 11.9. The second-order valence-electron chi connectivity index (χ2n) is 5.19. The van der Waals surface area contributed by atoms with Crippen LogP contribution >= 0.6 is 0 Å². The molecular formula is C14H22N2O2. The average molecular weight is 250 g/mol. The summed E-state index contributed by atoms with van der Waals surface area (Å²) in [5.41, 5.74) is 1.47. The number of anilines is 1. The molecular weight excluding hydrogens is 228 g/mol. The van der Waals surface area contributed by atoms with Crippen molar-refractivity contribution in [2.45, 2.75) is 26.3 Å². The Morgan fingerprint density at radius 1 is 1.39 bits per heavy atom. The van der Waals surface area contributed by atoms with Crippen molar-refractivity contribution in [2.75, 3.05) is 25.5 Å². The number of hydrogen-bond acceptors (Lipinski definition) is 3. The summed E-state index contributed by atoms with van der Waals surface area (Å²) in [7, 11) is 1.83. The van der Waals surface area contributed by atoms with E-state index in [4.69, 9.17) is 0 Å². The number of hydrogen-bond donors (Lipinski definition) is 2. The van der Waals surface area contributed by atoms with Crippen LogP contribution in [0.4, 0.5) is 5.69 Å². The zero-order chi connectivity index (χ0) is 13.8. The van der Waals surface area contributed by atoms with E-state index in [1.165, 1.54) is 0 Å². The number of para-hydroxylation sites is 1. The second-order valence-corrected chi connectivity index (χ2v) is 5.19. The fourth-order valence-corrected chi connectivity index (χ4v) is 1.45. The summed E-state index contributed by atoms with van der Waals surface area (Å²) in [5.74, 6) is -0.0756. The number of rotatable bonds is 5. The topological polar surface area (TPSA) is 52.6 Å². The number of amides is 1. The van der Waals surface area contributed by atoms with Crippen LogP contribution in [-0.4, -0.2) is 41.7 Å². The largest absolute Gasteiger partial charge is 0.394 e. The Kier molecular flexibility index (Phi) is 4.87. The quantitative estimate of drug-likeness (QED) is 0.835. The third-order valence-corrected chi connectivity index (χ3v) is 3.22. The molecule has 0 aliphatic carbocycles. The molecule has 0 fully saturated rings. The molecule has 0 atom stereocenters. The highest BCUT2D eigenvalue weighted by atomic mass is 16.3. The highest BCUT2D eigenvalue weighted by molar-refractivity contribution is 5.92. The van der Waals surface area contributed by atoms with Crippen LogP contribution in [0.15, 0.2) is 24.3 Å². The number of carbonyl (C=O) groups is 1. The van der Waals surface area contributed by atoms with E-state index < -0.39 is 5.54 Å². The van der Waals surface area contributed by atoms with E-state index in [1.54, 1.807) is 0 Å². The van der Waals surface area contributed by atoms with Gasteiger partial charge >= 0.3 is 0 Å². The normalized spacial score (nSPS) is 11.7. The number of carbonyl (C=O) groups excluding carboxylic acids is 1. The summed E-state index contributed by atoms with van der Waals surface area (Å²) in [5, 5.41) is 12.1. The van der Waals surface area contributed by atoms with Crippen molar-refractivity contribution in [1.29, 1.82) is 0 Å². The first-order valence-electron chi connectivity index (χ1n) is 6.04. The molecule has 4 nitrogen and oxygen atoms in total. The average Bonchev–Trinajstić information content (AvgIpc) is 2.32. The monoisotopic (exact) mass is 250 g/mol. The SMILES string of the molecule is Cc1ccccc1NC(=O)CN(C)C(C)(C)CO. The van der Waals surface area contributed by atoms with Crippen LogP contribution in [0, 0.1) is 6.92 Å². The lowest BCUT2D eigenvalue weighted by Gasteiger charge is -2.33. The number of aryl methyl sites for hydroxylation is 1. The smallest absolute Gasteiger partial charge is 0.238 e. The van der Waals surface area contributed by atoms with Gasteiger partial charge in [-0.25, -0.2) is 0 Å². The van der Waals surface area contributed by atoms with Gasteiger partial charge in [-0.3, -0.25) is 9.69 Å². The predicted octanol–water partition coefficient (Wildman–Crippen LogP) is 1.64. The summed E-state index contributed by atoms with van der Waals surface area (Å²) in [4.78, 5) is 13.7. The minimum atomic E-state index is -0.400. The second kappa shape index (κ2) is 5.98. The van der Waals surface area contributed by atoms with Crippen LogP contribution in [0.2, 0.25) is 0 Å². The molecule has 100 valence electrons. The molecule has 0 unspecified atom stereocenters. The van der Waals surface area contributed by atoms with Crippen LogP contribution in [0.1, 0.15) is 19.4 Å². The van der Waals surface area contributed by atoms with Gasteiger partial charge in [0, 0.05) is 11.2 Å². The Hall–Kier alpha value is -1.39. The molecule has 1 rings (SSSR count). The highest BCUT2D eigenvalue weighted by Gasteiger charge is 2.24. The number of nitrogens with zero attached hydrogens (tertiary/aromatic N) is 1. The maximum Gasteiger partial charge on any atom is 0.238 e. The summed E-state index contributed by atoms with van der Waals surface area (Å²) in [6.07, 6.45) is 0. The summed E-state index contributed by atoms with van der Waals surface area (Å²) < 4.78 is 0. The van der Waals surface area contributed by atoms with Gasteiger partial charge in [-0.1, -0.05) is 18.2 Å². The standard InChI is InChI=1S/C14H22N2O2/c1-11-7-5-6-8-12(11)15-13(18)9-16(4)14(2,3)10-17/h5-8,17H,9-10H2,1-4H3,(H,15,18). The third kappa shape index (κ3) is 3.82. The van der Waals surface area contributed by atoms with Gasteiger partial charge in [0.1, 0.15) is 0 Å². The molecule has 0 radical (unpaired) electrons. The number of aliphatic hydroxyl groups is 1.